The van der Waals surface area contributed by atoms with Gasteiger partial charge in [-0.25, -0.2) is 18.2 Å². The van der Waals surface area contributed by atoms with E-state index in [0.29, 0.717) is 6.61 Å². The van der Waals surface area contributed by atoms with Crippen molar-refractivity contribution in [1.29, 1.82) is 0 Å². The van der Waals surface area contributed by atoms with Crippen molar-refractivity contribution in [1.82, 2.24) is 0 Å². The summed E-state index contributed by atoms with van der Waals surface area (Å²) in [5.41, 5.74) is 0. The van der Waals surface area contributed by atoms with Crippen molar-refractivity contribution in [3.63, 3.8) is 0 Å². The zero-order valence-corrected chi connectivity index (χ0v) is 13.4. The van der Waals surface area contributed by atoms with Crippen LogP contribution >= 0.6 is 0 Å². The van der Waals surface area contributed by atoms with Crippen molar-refractivity contribution in [3.05, 3.63) is 12.7 Å². The SMILES string of the molecule is C=CCOCC(O)COOC(C)CS(=O)(=O)[O-].[Na+]. The molecule has 2 atom stereocenters. The van der Waals surface area contributed by atoms with Crippen LogP contribution in [-0.2, 0) is 24.6 Å². The Morgan fingerprint density at radius 2 is 2.06 bits per heavy atom. The second kappa shape index (κ2) is 11.3. The number of aliphatic hydroxyl groups excluding tert-OH is 1. The van der Waals surface area contributed by atoms with Gasteiger partial charge in [0, 0.05) is 0 Å². The smallest absolute Gasteiger partial charge is 0.748 e. The van der Waals surface area contributed by atoms with Crippen LogP contribution in [0.15, 0.2) is 12.7 Å². The zero-order chi connectivity index (χ0) is 13.3. The maximum Gasteiger partial charge on any atom is 1.00 e. The predicted octanol–water partition coefficient (Wildman–Crippen LogP) is -3.56. The molecule has 0 aliphatic carbocycles. The summed E-state index contributed by atoms with van der Waals surface area (Å²) in [6, 6.07) is 0. The van der Waals surface area contributed by atoms with Gasteiger partial charge in [-0.3, -0.25) is 0 Å². The number of aliphatic hydroxyl groups is 1. The van der Waals surface area contributed by atoms with E-state index >= 15 is 0 Å². The van der Waals surface area contributed by atoms with Gasteiger partial charge in [0.25, 0.3) is 0 Å². The fraction of sp³-hybridized carbons (Fsp3) is 0.778. The molecule has 0 fully saturated rings. The van der Waals surface area contributed by atoms with E-state index in [4.69, 9.17) is 4.74 Å². The van der Waals surface area contributed by atoms with Gasteiger partial charge >= 0.3 is 29.6 Å². The van der Waals surface area contributed by atoms with Crippen LogP contribution in [0, 0.1) is 0 Å². The van der Waals surface area contributed by atoms with Crippen molar-refractivity contribution < 1.29 is 62.1 Å². The summed E-state index contributed by atoms with van der Waals surface area (Å²) in [6.07, 6.45) is -0.254. The molecule has 0 aliphatic rings. The Labute approximate surface area is 129 Å². The van der Waals surface area contributed by atoms with Crippen LogP contribution in [0.3, 0.4) is 0 Å². The summed E-state index contributed by atoms with van der Waals surface area (Å²) in [4.78, 5) is 9.15. The maximum atomic E-state index is 10.3. The van der Waals surface area contributed by atoms with E-state index in [0.717, 1.165) is 0 Å². The summed E-state index contributed by atoms with van der Waals surface area (Å²) in [5, 5.41) is 9.28. The summed E-state index contributed by atoms with van der Waals surface area (Å²) >= 11 is 0. The normalized spacial score (nSPS) is 14.6. The molecule has 0 aliphatic heterocycles. The molecule has 0 saturated carbocycles. The topological polar surface area (TPSA) is 105 Å². The molecule has 0 amide bonds. The Balaban J connectivity index is 0. The molecule has 0 aromatic carbocycles. The first-order valence-electron chi connectivity index (χ1n) is 4.93. The first kappa shape index (κ1) is 20.8. The number of rotatable bonds is 10. The molecule has 18 heavy (non-hydrogen) atoms. The molecule has 0 heterocycles. The fourth-order valence-corrected chi connectivity index (χ4v) is 1.52. The molecule has 0 aromatic heterocycles. The van der Waals surface area contributed by atoms with Gasteiger partial charge in [-0.15, -0.1) is 6.58 Å². The molecule has 0 rings (SSSR count). The fourth-order valence-electron chi connectivity index (χ4n) is 0.885. The van der Waals surface area contributed by atoms with E-state index in [2.05, 4.69) is 16.4 Å². The van der Waals surface area contributed by atoms with Gasteiger partial charge in [-0.05, 0) is 6.92 Å². The van der Waals surface area contributed by atoms with E-state index in [1.165, 1.54) is 13.0 Å². The van der Waals surface area contributed by atoms with E-state index < -0.39 is 28.1 Å². The van der Waals surface area contributed by atoms with E-state index in [-0.39, 0.29) is 42.8 Å². The van der Waals surface area contributed by atoms with Gasteiger partial charge in [0.1, 0.15) is 18.8 Å². The van der Waals surface area contributed by atoms with Gasteiger partial charge in [0.2, 0.25) is 0 Å². The van der Waals surface area contributed by atoms with Crippen molar-refractivity contribution in [2.45, 2.75) is 19.1 Å². The third-order valence-corrected chi connectivity index (χ3v) is 2.36. The second-order valence-electron chi connectivity index (χ2n) is 3.40. The number of hydrogen-bond donors (Lipinski definition) is 1. The molecule has 0 bridgehead atoms. The van der Waals surface area contributed by atoms with Crippen LogP contribution in [0.2, 0.25) is 0 Å². The van der Waals surface area contributed by atoms with Crippen LogP contribution in [0.1, 0.15) is 6.92 Å². The second-order valence-corrected chi connectivity index (χ2v) is 4.84. The Hall–Kier alpha value is 0.490. The first-order chi connectivity index (χ1) is 7.85. The molecule has 1 N–H and O–H groups in total. The summed E-state index contributed by atoms with van der Waals surface area (Å²) in [7, 11) is -4.34. The van der Waals surface area contributed by atoms with E-state index in [1.54, 1.807) is 0 Å². The van der Waals surface area contributed by atoms with Crippen molar-refractivity contribution >= 4 is 10.1 Å². The van der Waals surface area contributed by atoms with Gasteiger partial charge in [-0.2, -0.15) is 0 Å². The molecular formula is C9H17NaO7S. The Morgan fingerprint density at radius 1 is 1.44 bits per heavy atom. The Morgan fingerprint density at radius 3 is 2.56 bits per heavy atom. The van der Waals surface area contributed by atoms with Gasteiger partial charge in [0.15, 0.2) is 0 Å². The van der Waals surface area contributed by atoms with Gasteiger partial charge in [-0.1, -0.05) is 6.08 Å². The molecule has 7 nitrogen and oxygen atoms in total. The maximum absolute atomic E-state index is 10.3. The largest absolute Gasteiger partial charge is 1.00 e. The average molecular weight is 292 g/mol. The zero-order valence-electron chi connectivity index (χ0n) is 10.6. The molecule has 9 heteroatoms. The van der Waals surface area contributed by atoms with Crippen LogP contribution in [-0.4, -0.2) is 55.9 Å². The standard InChI is InChI=1S/C9H18O7S.Na/c1-3-4-14-5-9(10)6-15-16-8(2)7-17(11,12)13;/h3,8-10H,1,4-7H2,2H3,(H,11,12,13);/q;+1/p-1. The van der Waals surface area contributed by atoms with Crippen molar-refractivity contribution in [2.75, 3.05) is 25.6 Å². The summed E-state index contributed by atoms with van der Waals surface area (Å²) in [5.74, 6) is -0.684. The molecular weight excluding hydrogens is 275 g/mol. The molecule has 0 spiro atoms. The first-order valence-corrected chi connectivity index (χ1v) is 6.51. The van der Waals surface area contributed by atoms with E-state index in [9.17, 15) is 18.1 Å². The minimum absolute atomic E-state index is 0. The molecule has 2 unspecified atom stereocenters. The quantitative estimate of drug-likeness (QED) is 0.111. The van der Waals surface area contributed by atoms with Gasteiger partial charge in [0.05, 0.1) is 29.1 Å². The third-order valence-electron chi connectivity index (χ3n) is 1.48. The van der Waals surface area contributed by atoms with Crippen molar-refractivity contribution in [2.24, 2.45) is 0 Å². The molecule has 0 aromatic rings. The Bertz CT molecular complexity index is 306. The minimum Gasteiger partial charge on any atom is -0.748 e. The summed E-state index contributed by atoms with van der Waals surface area (Å²) in [6.45, 7) is 4.97. The molecule has 0 saturated heterocycles. The average Bonchev–Trinajstić information content (AvgIpc) is 2.15. The van der Waals surface area contributed by atoms with Crippen LogP contribution in [0.4, 0.5) is 0 Å². The van der Waals surface area contributed by atoms with Crippen LogP contribution in [0.5, 0.6) is 0 Å². The summed E-state index contributed by atoms with van der Waals surface area (Å²) < 4.78 is 36.0. The number of ether oxygens (including phenoxy) is 1. The van der Waals surface area contributed by atoms with Gasteiger partial charge < -0.3 is 14.4 Å². The predicted molar refractivity (Wildman–Crippen MR) is 58.1 cm³/mol. The van der Waals surface area contributed by atoms with Crippen LogP contribution in [0.25, 0.3) is 0 Å². The molecule has 0 radical (unpaired) electrons. The Kier molecular flexibility index (Phi) is 13.1. The molecule has 102 valence electrons. The third kappa shape index (κ3) is 14.6. The minimum atomic E-state index is -4.34. The van der Waals surface area contributed by atoms with E-state index in [1.807, 2.05) is 0 Å². The van der Waals surface area contributed by atoms with Crippen LogP contribution < -0.4 is 29.6 Å². The number of hydrogen-bond acceptors (Lipinski definition) is 7. The monoisotopic (exact) mass is 292 g/mol. The van der Waals surface area contributed by atoms with Crippen molar-refractivity contribution in [3.8, 4) is 0 Å².